The molecular formula is C25H28N6O4. The third kappa shape index (κ3) is 4.75. The number of aliphatic hydroxyl groups is 1. The molecule has 4 aromatic rings. The molecule has 3 heterocycles. The van der Waals surface area contributed by atoms with Gasteiger partial charge in [0.1, 0.15) is 17.5 Å². The highest BCUT2D eigenvalue weighted by atomic mass is 16.5. The van der Waals surface area contributed by atoms with Crippen LogP contribution in [0, 0.1) is 0 Å². The van der Waals surface area contributed by atoms with Gasteiger partial charge in [0.25, 0.3) is 5.56 Å². The second-order valence-corrected chi connectivity index (χ2v) is 8.72. The summed E-state index contributed by atoms with van der Waals surface area (Å²) in [5, 5.41) is 23.5. The minimum Gasteiger partial charge on any atom is -0.497 e. The van der Waals surface area contributed by atoms with E-state index in [4.69, 9.17) is 9.47 Å². The Labute approximate surface area is 202 Å². The van der Waals surface area contributed by atoms with E-state index in [0.717, 1.165) is 22.2 Å². The lowest BCUT2D eigenvalue weighted by atomic mass is 9.99. The third-order valence-electron chi connectivity index (χ3n) is 6.53. The first kappa shape index (κ1) is 23.0. The van der Waals surface area contributed by atoms with Crippen molar-refractivity contribution in [2.45, 2.75) is 31.5 Å². The highest BCUT2D eigenvalue weighted by molar-refractivity contribution is 5.80. The third-order valence-corrected chi connectivity index (χ3v) is 6.53. The van der Waals surface area contributed by atoms with E-state index in [1.807, 2.05) is 48.5 Å². The number of pyridine rings is 1. The number of aromatic nitrogens is 5. The zero-order chi connectivity index (χ0) is 24.4. The standard InChI is InChI=1S/C25H28N6O4/c1-34-19-5-3-16(4-6-19)15-31-24(27-28-29-31)23(30-11-9-18(32)10-12-30)21-14-17-13-20(35-2)7-8-22(17)26-25(21)33/h3-8,13-14,18,23,32H,9-12,15H2,1-2H3,(H,26,33)/t23-/m0/s1. The Balaban J connectivity index is 1.58. The molecule has 10 nitrogen and oxygen atoms in total. The van der Waals surface area contributed by atoms with Crippen molar-refractivity contribution >= 4 is 10.9 Å². The Morgan fingerprint density at radius 2 is 1.77 bits per heavy atom. The lowest BCUT2D eigenvalue weighted by Crippen LogP contribution is -2.41. The maximum atomic E-state index is 13.3. The number of likely N-dealkylation sites (tertiary alicyclic amines) is 1. The Kier molecular flexibility index (Phi) is 6.47. The van der Waals surface area contributed by atoms with Crippen LogP contribution in [0.4, 0.5) is 0 Å². The molecule has 1 aliphatic heterocycles. The van der Waals surface area contributed by atoms with Crippen LogP contribution in [0.2, 0.25) is 0 Å². The lowest BCUT2D eigenvalue weighted by molar-refractivity contribution is 0.0659. The summed E-state index contributed by atoms with van der Waals surface area (Å²) in [7, 11) is 3.24. The van der Waals surface area contributed by atoms with E-state index < -0.39 is 6.04 Å². The van der Waals surface area contributed by atoms with Crippen LogP contribution in [0.25, 0.3) is 10.9 Å². The van der Waals surface area contributed by atoms with Crippen molar-refractivity contribution in [3.63, 3.8) is 0 Å². The minimum atomic E-state index is -0.477. The number of benzene rings is 2. The number of H-pyrrole nitrogens is 1. The normalized spacial score (nSPS) is 15.9. The van der Waals surface area contributed by atoms with Crippen LogP contribution in [0.1, 0.15) is 35.8 Å². The van der Waals surface area contributed by atoms with Gasteiger partial charge in [0, 0.05) is 29.6 Å². The van der Waals surface area contributed by atoms with Crippen molar-refractivity contribution in [1.82, 2.24) is 30.1 Å². The molecule has 0 aliphatic carbocycles. The fourth-order valence-corrected chi connectivity index (χ4v) is 4.60. The Morgan fingerprint density at radius 3 is 2.49 bits per heavy atom. The van der Waals surface area contributed by atoms with Crippen molar-refractivity contribution in [2.75, 3.05) is 27.3 Å². The fraction of sp³-hybridized carbons (Fsp3) is 0.360. The summed E-state index contributed by atoms with van der Waals surface area (Å²) < 4.78 is 12.4. The second-order valence-electron chi connectivity index (χ2n) is 8.72. The molecule has 1 atom stereocenters. The van der Waals surface area contributed by atoms with Crippen LogP contribution in [0.3, 0.4) is 0 Å². The number of aliphatic hydroxyl groups excluding tert-OH is 1. The van der Waals surface area contributed by atoms with Crippen LogP contribution >= 0.6 is 0 Å². The van der Waals surface area contributed by atoms with E-state index in [-0.39, 0.29) is 11.7 Å². The van der Waals surface area contributed by atoms with Crippen LogP contribution in [-0.4, -0.2) is 68.6 Å². The average molecular weight is 477 g/mol. The first-order valence-electron chi connectivity index (χ1n) is 11.6. The molecule has 1 fully saturated rings. The summed E-state index contributed by atoms with van der Waals surface area (Å²) in [6, 6.07) is 14.7. The molecule has 0 unspecified atom stereocenters. The van der Waals surface area contributed by atoms with Crippen molar-refractivity contribution in [3.05, 3.63) is 75.8 Å². The molecular weight excluding hydrogens is 448 g/mol. The van der Waals surface area contributed by atoms with Gasteiger partial charge in [-0.05, 0) is 65.2 Å². The van der Waals surface area contributed by atoms with Gasteiger partial charge in [0.05, 0.1) is 26.9 Å². The summed E-state index contributed by atoms with van der Waals surface area (Å²) in [4.78, 5) is 18.5. The maximum Gasteiger partial charge on any atom is 0.253 e. The summed E-state index contributed by atoms with van der Waals surface area (Å²) in [6.45, 7) is 1.69. The molecule has 35 heavy (non-hydrogen) atoms. The van der Waals surface area contributed by atoms with Gasteiger partial charge in [-0.1, -0.05) is 12.1 Å². The smallest absolute Gasteiger partial charge is 0.253 e. The number of aromatic amines is 1. The van der Waals surface area contributed by atoms with E-state index in [1.54, 1.807) is 18.9 Å². The number of fused-ring (bicyclic) bond motifs is 1. The monoisotopic (exact) mass is 476 g/mol. The van der Waals surface area contributed by atoms with Gasteiger partial charge in [0.2, 0.25) is 0 Å². The molecule has 0 amide bonds. The first-order chi connectivity index (χ1) is 17.1. The number of hydrogen-bond acceptors (Lipinski definition) is 8. The average Bonchev–Trinajstić information content (AvgIpc) is 3.33. The fourth-order valence-electron chi connectivity index (χ4n) is 4.60. The molecule has 10 heteroatoms. The van der Waals surface area contributed by atoms with Crippen LogP contribution < -0.4 is 15.0 Å². The molecule has 182 valence electrons. The van der Waals surface area contributed by atoms with Crippen LogP contribution in [-0.2, 0) is 6.54 Å². The summed E-state index contributed by atoms with van der Waals surface area (Å²) in [5.74, 6) is 2.05. The Hall–Kier alpha value is -3.76. The van der Waals surface area contributed by atoms with Crippen molar-refractivity contribution in [2.24, 2.45) is 0 Å². The number of nitrogens with one attached hydrogen (secondary N) is 1. The number of nitrogens with zero attached hydrogens (tertiary/aromatic N) is 5. The zero-order valence-electron chi connectivity index (χ0n) is 19.7. The van der Waals surface area contributed by atoms with Gasteiger partial charge in [-0.3, -0.25) is 9.69 Å². The molecule has 2 aromatic carbocycles. The molecule has 0 radical (unpaired) electrons. The number of rotatable bonds is 7. The van der Waals surface area contributed by atoms with Crippen molar-refractivity contribution in [1.29, 1.82) is 0 Å². The molecule has 2 N–H and O–H groups in total. The highest BCUT2D eigenvalue weighted by Crippen LogP contribution is 2.30. The minimum absolute atomic E-state index is 0.196. The molecule has 0 saturated carbocycles. The van der Waals surface area contributed by atoms with Crippen LogP contribution in [0.5, 0.6) is 11.5 Å². The summed E-state index contributed by atoms with van der Waals surface area (Å²) in [5.41, 5.74) is 2.08. The van der Waals surface area contributed by atoms with E-state index in [0.29, 0.717) is 49.6 Å². The van der Waals surface area contributed by atoms with Gasteiger partial charge in [-0.2, -0.15) is 0 Å². The predicted molar refractivity (Wildman–Crippen MR) is 130 cm³/mol. The SMILES string of the molecule is COc1ccc(Cn2nnnc2[C@H](c2cc3cc(OC)ccc3[nH]c2=O)N2CCC(O)CC2)cc1. The second kappa shape index (κ2) is 9.85. The molecule has 1 aliphatic rings. The molecule has 0 spiro atoms. The first-order valence-corrected chi connectivity index (χ1v) is 11.6. The van der Waals surface area contributed by atoms with Crippen LogP contribution in [0.15, 0.2) is 53.3 Å². The molecule has 5 rings (SSSR count). The van der Waals surface area contributed by atoms with E-state index in [2.05, 4.69) is 25.4 Å². The number of piperidine rings is 1. The zero-order valence-corrected chi connectivity index (χ0v) is 19.7. The van der Waals surface area contributed by atoms with Crippen molar-refractivity contribution in [3.8, 4) is 11.5 Å². The van der Waals surface area contributed by atoms with Gasteiger partial charge in [0.15, 0.2) is 5.82 Å². The Bertz CT molecular complexity index is 1360. The van der Waals surface area contributed by atoms with Gasteiger partial charge in [-0.25, -0.2) is 4.68 Å². The Morgan fingerprint density at radius 1 is 1.06 bits per heavy atom. The highest BCUT2D eigenvalue weighted by Gasteiger charge is 2.32. The quantitative estimate of drug-likeness (QED) is 0.417. The summed E-state index contributed by atoms with van der Waals surface area (Å²) in [6.07, 6.45) is 0.896. The number of methoxy groups -OCH3 is 2. The maximum absolute atomic E-state index is 13.3. The van der Waals surface area contributed by atoms with Gasteiger partial charge >= 0.3 is 0 Å². The lowest BCUT2D eigenvalue weighted by Gasteiger charge is -2.35. The topological polar surface area (TPSA) is 118 Å². The number of hydrogen-bond donors (Lipinski definition) is 2. The number of ether oxygens (including phenoxy) is 2. The summed E-state index contributed by atoms with van der Waals surface area (Å²) >= 11 is 0. The van der Waals surface area contributed by atoms with E-state index in [1.165, 1.54) is 0 Å². The largest absolute Gasteiger partial charge is 0.497 e. The van der Waals surface area contributed by atoms with Crippen molar-refractivity contribution < 1.29 is 14.6 Å². The van der Waals surface area contributed by atoms with E-state index in [9.17, 15) is 9.90 Å². The van der Waals surface area contributed by atoms with Gasteiger partial charge in [-0.15, -0.1) is 5.10 Å². The van der Waals surface area contributed by atoms with E-state index >= 15 is 0 Å². The molecule has 0 bridgehead atoms. The van der Waals surface area contributed by atoms with Gasteiger partial charge < -0.3 is 19.6 Å². The molecule has 1 saturated heterocycles. The number of tetrazole rings is 1. The molecule has 2 aromatic heterocycles. The predicted octanol–water partition coefficient (Wildman–Crippen LogP) is 2.13.